The van der Waals surface area contributed by atoms with Gasteiger partial charge in [-0.1, -0.05) is 6.07 Å². The summed E-state index contributed by atoms with van der Waals surface area (Å²) in [5.41, 5.74) is 7.03. The van der Waals surface area contributed by atoms with Gasteiger partial charge in [0.25, 0.3) is 0 Å². The van der Waals surface area contributed by atoms with Crippen LogP contribution in [0.3, 0.4) is 0 Å². The number of para-hydroxylation sites is 1. The molecule has 1 heterocycles. The molecule has 3 N–H and O–H groups in total. The number of carbonyl (C=O) groups is 1. The number of rotatable bonds is 2. The average Bonchev–Trinajstić information content (AvgIpc) is 2.45. The topological polar surface area (TPSA) is 81.1 Å². The number of hydrogen-bond donors (Lipinski definition) is 2. The minimum Gasteiger partial charge on any atom is -0.480 e. The Balaban J connectivity index is 2.68. The van der Waals surface area contributed by atoms with Crippen LogP contribution in [-0.4, -0.2) is 20.6 Å². The summed E-state index contributed by atoms with van der Waals surface area (Å²) in [7, 11) is 0. The third-order valence-corrected chi connectivity index (χ3v) is 2.69. The van der Waals surface area contributed by atoms with Crippen molar-refractivity contribution in [2.75, 3.05) is 5.73 Å². The molecule has 0 bridgehead atoms. The van der Waals surface area contributed by atoms with Crippen molar-refractivity contribution in [1.29, 1.82) is 0 Å². The van der Waals surface area contributed by atoms with Crippen molar-refractivity contribution < 1.29 is 9.90 Å². The maximum absolute atomic E-state index is 10.6. The van der Waals surface area contributed by atoms with Crippen LogP contribution in [0.1, 0.15) is 0 Å². The summed E-state index contributed by atoms with van der Waals surface area (Å²) in [6.45, 7) is -0.182. The second-order valence-corrected chi connectivity index (χ2v) is 3.91. The van der Waals surface area contributed by atoms with E-state index in [1.807, 2.05) is 12.1 Å². The highest BCUT2D eigenvalue weighted by Gasteiger charge is 2.12. The molecule has 0 spiro atoms. The summed E-state index contributed by atoms with van der Waals surface area (Å²) in [6, 6.07) is 5.43. The van der Waals surface area contributed by atoms with E-state index in [-0.39, 0.29) is 12.5 Å². The number of hydrogen-bond acceptors (Lipinski definition) is 3. The fourth-order valence-corrected chi connectivity index (χ4v) is 1.88. The highest BCUT2D eigenvalue weighted by atomic mass is 79.9. The van der Waals surface area contributed by atoms with E-state index < -0.39 is 5.97 Å². The lowest BCUT2D eigenvalue weighted by Gasteiger charge is -2.01. The number of carboxylic acids is 1. The number of aliphatic carboxylic acids is 1. The lowest BCUT2D eigenvalue weighted by molar-refractivity contribution is -0.137. The molecule has 15 heavy (non-hydrogen) atoms. The van der Waals surface area contributed by atoms with Gasteiger partial charge in [0, 0.05) is 4.47 Å². The Kier molecular flexibility index (Phi) is 2.36. The van der Waals surface area contributed by atoms with Crippen molar-refractivity contribution >= 4 is 38.9 Å². The predicted molar refractivity (Wildman–Crippen MR) is 59.5 cm³/mol. The predicted octanol–water partition coefficient (Wildman–Crippen LogP) is 1.47. The molecule has 6 heteroatoms. The summed E-state index contributed by atoms with van der Waals surface area (Å²) < 4.78 is 2.26. The third kappa shape index (κ3) is 1.68. The Labute approximate surface area is 93.6 Å². The van der Waals surface area contributed by atoms with Gasteiger partial charge >= 0.3 is 5.97 Å². The van der Waals surface area contributed by atoms with Gasteiger partial charge in [-0.15, -0.1) is 0 Å². The largest absolute Gasteiger partial charge is 0.480 e. The Morgan fingerprint density at radius 3 is 3.00 bits per heavy atom. The number of nitrogens with two attached hydrogens (primary N) is 1. The second kappa shape index (κ2) is 3.54. The molecule has 5 nitrogen and oxygen atoms in total. The van der Waals surface area contributed by atoms with Gasteiger partial charge in [0.1, 0.15) is 12.1 Å². The van der Waals surface area contributed by atoms with Crippen LogP contribution in [0.2, 0.25) is 0 Å². The summed E-state index contributed by atoms with van der Waals surface area (Å²) in [6.07, 6.45) is 0. The molecule has 0 aliphatic heterocycles. The van der Waals surface area contributed by atoms with Crippen molar-refractivity contribution in [3.05, 3.63) is 22.7 Å². The summed E-state index contributed by atoms with van der Waals surface area (Å²) in [5, 5.41) is 8.72. The summed E-state index contributed by atoms with van der Waals surface area (Å²) in [4.78, 5) is 14.7. The number of carboxylic acid groups (broad SMARTS) is 1. The third-order valence-electron chi connectivity index (χ3n) is 2.05. The molecule has 0 atom stereocenters. The summed E-state index contributed by atoms with van der Waals surface area (Å²) in [5.74, 6) is -0.736. The maximum atomic E-state index is 10.6. The van der Waals surface area contributed by atoms with E-state index in [1.165, 1.54) is 4.57 Å². The van der Waals surface area contributed by atoms with Crippen LogP contribution in [-0.2, 0) is 11.3 Å². The molecule has 0 unspecified atom stereocenters. The molecular weight excluding hydrogens is 262 g/mol. The van der Waals surface area contributed by atoms with Gasteiger partial charge in [0.15, 0.2) is 0 Å². The second-order valence-electron chi connectivity index (χ2n) is 3.06. The number of aromatic nitrogens is 2. The molecule has 0 aliphatic rings. The van der Waals surface area contributed by atoms with Gasteiger partial charge in [-0.25, -0.2) is 4.98 Å². The monoisotopic (exact) mass is 269 g/mol. The molecule has 1 aromatic heterocycles. The molecule has 0 saturated heterocycles. The van der Waals surface area contributed by atoms with Crippen molar-refractivity contribution in [2.24, 2.45) is 0 Å². The number of benzene rings is 1. The van der Waals surface area contributed by atoms with Gasteiger partial charge < -0.3 is 10.8 Å². The first kappa shape index (κ1) is 9.97. The lowest BCUT2D eigenvalue weighted by Crippen LogP contribution is -2.11. The van der Waals surface area contributed by atoms with Crippen molar-refractivity contribution in [2.45, 2.75) is 6.54 Å². The van der Waals surface area contributed by atoms with Gasteiger partial charge in [-0.2, -0.15) is 0 Å². The molecule has 0 radical (unpaired) electrons. The highest BCUT2D eigenvalue weighted by molar-refractivity contribution is 9.10. The minimum atomic E-state index is -0.944. The molecular formula is C9H8BrN3O2. The molecule has 0 aliphatic carbocycles. The molecule has 1 aromatic carbocycles. The first-order valence-corrected chi connectivity index (χ1v) is 5.01. The van der Waals surface area contributed by atoms with Crippen LogP contribution >= 0.6 is 15.9 Å². The molecule has 2 rings (SSSR count). The fraction of sp³-hybridized carbons (Fsp3) is 0.111. The van der Waals surface area contributed by atoms with E-state index in [9.17, 15) is 4.79 Å². The minimum absolute atomic E-state index is 0.182. The zero-order valence-electron chi connectivity index (χ0n) is 7.64. The number of nitrogens with zero attached hydrogens (tertiary/aromatic N) is 2. The highest BCUT2D eigenvalue weighted by Crippen LogP contribution is 2.25. The zero-order valence-corrected chi connectivity index (χ0v) is 9.23. The molecule has 0 amide bonds. The number of imidazole rings is 1. The Bertz CT molecular complexity index is 535. The number of anilines is 1. The maximum Gasteiger partial charge on any atom is 0.323 e. The molecule has 78 valence electrons. The van der Waals surface area contributed by atoms with Crippen molar-refractivity contribution in [3.63, 3.8) is 0 Å². The van der Waals surface area contributed by atoms with Gasteiger partial charge in [-0.3, -0.25) is 9.36 Å². The fourth-order valence-electron chi connectivity index (χ4n) is 1.43. The normalized spacial score (nSPS) is 10.7. The summed E-state index contributed by atoms with van der Waals surface area (Å²) >= 11 is 3.33. The Morgan fingerprint density at radius 2 is 2.33 bits per heavy atom. The van der Waals surface area contributed by atoms with Crippen molar-refractivity contribution in [3.8, 4) is 0 Å². The SMILES string of the molecule is Nc1nc2c(Br)cccc2n1CC(=O)O. The standard InChI is InChI=1S/C9H8BrN3O2/c10-5-2-1-3-6-8(5)12-9(11)13(6)4-7(14)15/h1-3H,4H2,(H2,11,12)(H,14,15). The lowest BCUT2D eigenvalue weighted by atomic mass is 10.3. The van der Waals surface area contributed by atoms with E-state index in [0.717, 1.165) is 4.47 Å². The zero-order chi connectivity index (χ0) is 11.0. The van der Waals surface area contributed by atoms with E-state index >= 15 is 0 Å². The van der Waals surface area contributed by atoms with Crippen LogP contribution in [0, 0.1) is 0 Å². The number of fused-ring (bicyclic) bond motifs is 1. The number of halogens is 1. The van der Waals surface area contributed by atoms with E-state index in [4.69, 9.17) is 10.8 Å². The van der Waals surface area contributed by atoms with Gasteiger partial charge in [-0.05, 0) is 28.1 Å². The van der Waals surface area contributed by atoms with Crippen LogP contribution in [0.5, 0.6) is 0 Å². The van der Waals surface area contributed by atoms with Crippen LogP contribution < -0.4 is 5.73 Å². The first-order valence-electron chi connectivity index (χ1n) is 4.21. The quantitative estimate of drug-likeness (QED) is 0.865. The van der Waals surface area contributed by atoms with Crippen LogP contribution in [0.4, 0.5) is 5.95 Å². The number of nitrogen functional groups attached to an aromatic ring is 1. The first-order chi connectivity index (χ1) is 7.09. The van der Waals surface area contributed by atoms with Gasteiger partial charge in [0.2, 0.25) is 5.95 Å². The molecule has 0 saturated carbocycles. The van der Waals surface area contributed by atoms with Gasteiger partial charge in [0.05, 0.1) is 5.52 Å². The smallest absolute Gasteiger partial charge is 0.323 e. The van der Waals surface area contributed by atoms with E-state index in [0.29, 0.717) is 11.0 Å². The average molecular weight is 270 g/mol. The van der Waals surface area contributed by atoms with Crippen LogP contribution in [0.15, 0.2) is 22.7 Å². The Hall–Kier alpha value is -1.56. The van der Waals surface area contributed by atoms with Crippen LogP contribution in [0.25, 0.3) is 11.0 Å². The Morgan fingerprint density at radius 1 is 1.60 bits per heavy atom. The van der Waals surface area contributed by atoms with E-state index in [2.05, 4.69) is 20.9 Å². The van der Waals surface area contributed by atoms with E-state index in [1.54, 1.807) is 6.07 Å². The van der Waals surface area contributed by atoms with Crippen molar-refractivity contribution in [1.82, 2.24) is 9.55 Å². The molecule has 2 aromatic rings. The molecule has 0 fully saturated rings.